The zero-order valence-corrected chi connectivity index (χ0v) is 11.4. The van der Waals surface area contributed by atoms with E-state index in [1.807, 2.05) is 6.92 Å². The van der Waals surface area contributed by atoms with Crippen LogP contribution in [0.5, 0.6) is 0 Å². The van der Waals surface area contributed by atoms with E-state index in [9.17, 15) is 0 Å². The highest BCUT2D eigenvalue weighted by Gasteiger charge is 2.24. The van der Waals surface area contributed by atoms with Crippen molar-refractivity contribution in [1.29, 1.82) is 0 Å². The van der Waals surface area contributed by atoms with E-state index in [1.54, 1.807) is 0 Å². The van der Waals surface area contributed by atoms with E-state index in [0.717, 1.165) is 38.2 Å². The predicted octanol–water partition coefficient (Wildman–Crippen LogP) is 1.86. The molecule has 5 nitrogen and oxygen atoms in total. The lowest BCUT2D eigenvalue weighted by atomic mass is 9.90. The summed E-state index contributed by atoms with van der Waals surface area (Å²) >= 11 is 0. The van der Waals surface area contributed by atoms with Gasteiger partial charge in [0.25, 0.3) is 0 Å². The molecule has 2 rings (SSSR count). The second-order valence-electron chi connectivity index (χ2n) is 5.25. The molecule has 1 heterocycles. The van der Waals surface area contributed by atoms with E-state index in [0.29, 0.717) is 18.0 Å². The lowest BCUT2D eigenvalue weighted by Crippen LogP contribution is -2.40. The summed E-state index contributed by atoms with van der Waals surface area (Å²) in [5.74, 6) is 1.38. The summed E-state index contributed by atoms with van der Waals surface area (Å²) in [7, 11) is 0. The number of hydrogen-bond acceptors (Lipinski definition) is 5. The summed E-state index contributed by atoms with van der Waals surface area (Å²) in [5, 5.41) is 7.99. The first-order valence-corrected chi connectivity index (χ1v) is 6.97. The molecule has 1 aliphatic carbocycles. The molecule has 0 radical (unpaired) electrons. The van der Waals surface area contributed by atoms with Crippen molar-refractivity contribution in [3.05, 3.63) is 11.8 Å². The van der Waals surface area contributed by atoms with Crippen molar-refractivity contribution in [2.75, 3.05) is 6.54 Å². The quantitative estimate of drug-likeness (QED) is 0.866. The number of rotatable bonds is 5. The maximum absolute atomic E-state index is 5.97. The van der Waals surface area contributed by atoms with Gasteiger partial charge in [-0.25, -0.2) is 0 Å². The van der Waals surface area contributed by atoms with E-state index in [-0.39, 0.29) is 0 Å². The second-order valence-corrected chi connectivity index (χ2v) is 5.25. The number of hydrogen-bond donors (Lipinski definition) is 1. The first-order chi connectivity index (χ1) is 8.69. The average molecular weight is 252 g/mol. The molecule has 5 heteroatoms. The van der Waals surface area contributed by atoms with E-state index in [1.165, 1.54) is 12.8 Å². The zero-order chi connectivity index (χ0) is 13.0. The molecule has 1 aromatic rings. The van der Waals surface area contributed by atoms with Crippen LogP contribution in [0.15, 0.2) is 4.42 Å². The summed E-state index contributed by atoms with van der Waals surface area (Å²) in [6.07, 6.45) is 5.79. The second kappa shape index (κ2) is 6.29. The standard InChI is InChI=1S/C13H24N4O/c1-3-8-17(9-13-16-15-10(2)18-13)12-6-4-11(14)5-7-12/h11-12H,3-9,14H2,1-2H3. The molecule has 0 bridgehead atoms. The molecule has 1 aromatic heterocycles. The summed E-state index contributed by atoms with van der Waals surface area (Å²) in [6, 6.07) is 1.02. The van der Waals surface area contributed by atoms with Crippen LogP contribution in [0.4, 0.5) is 0 Å². The number of nitrogens with zero attached hydrogens (tertiary/aromatic N) is 3. The minimum atomic E-state index is 0.398. The van der Waals surface area contributed by atoms with E-state index < -0.39 is 0 Å². The topological polar surface area (TPSA) is 68.2 Å². The van der Waals surface area contributed by atoms with Gasteiger partial charge < -0.3 is 10.2 Å². The van der Waals surface area contributed by atoms with Crippen molar-refractivity contribution in [1.82, 2.24) is 15.1 Å². The molecule has 0 aliphatic heterocycles. The Morgan fingerprint density at radius 2 is 2.00 bits per heavy atom. The smallest absolute Gasteiger partial charge is 0.230 e. The number of aromatic nitrogens is 2. The molecule has 0 amide bonds. The summed E-state index contributed by atoms with van der Waals surface area (Å²) in [4.78, 5) is 2.47. The van der Waals surface area contributed by atoms with Gasteiger partial charge in [0.2, 0.25) is 11.8 Å². The Bertz CT molecular complexity index is 358. The molecule has 1 saturated carbocycles. The lowest BCUT2D eigenvalue weighted by Gasteiger charge is -2.35. The third-order valence-corrected chi connectivity index (χ3v) is 3.67. The zero-order valence-electron chi connectivity index (χ0n) is 11.4. The Labute approximate surface area is 109 Å². The molecule has 0 aromatic carbocycles. The molecule has 102 valence electrons. The van der Waals surface area contributed by atoms with E-state index >= 15 is 0 Å². The fourth-order valence-corrected chi connectivity index (χ4v) is 2.72. The van der Waals surface area contributed by atoms with Gasteiger partial charge in [0.05, 0.1) is 6.54 Å². The van der Waals surface area contributed by atoms with Crippen molar-refractivity contribution < 1.29 is 4.42 Å². The molecular weight excluding hydrogens is 228 g/mol. The largest absolute Gasteiger partial charge is 0.424 e. The molecule has 2 N–H and O–H groups in total. The van der Waals surface area contributed by atoms with Crippen LogP contribution in [0.25, 0.3) is 0 Å². The molecule has 1 aliphatic rings. The Balaban J connectivity index is 1.94. The third kappa shape index (κ3) is 3.53. The highest BCUT2D eigenvalue weighted by molar-refractivity contribution is 4.85. The average Bonchev–Trinajstić information content (AvgIpc) is 2.75. The van der Waals surface area contributed by atoms with Gasteiger partial charge in [-0.3, -0.25) is 4.90 Å². The maximum Gasteiger partial charge on any atom is 0.230 e. The fraction of sp³-hybridized carbons (Fsp3) is 0.846. The van der Waals surface area contributed by atoms with Crippen LogP contribution in [0.2, 0.25) is 0 Å². The van der Waals surface area contributed by atoms with Crippen LogP contribution >= 0.6 is 0 Å². The molecule has 1 fully saturated rings. The van der Waals surface area contributed by atoms with Gasteiger partial charge in [-0.1, -0.05) is 6.92 Å². The van der Waals surface area contributed by atoms with Gasteiger partial charge in [-0.05, 0) is 38.6 Å². The molecule has 0 unspecified atom stereocenters. The van der Waals surface area contributed by atoms with Crippen LogP contribution < -0.4 is 5.73 Å². The SMILES string of the molecule is CCCN(Cc1nnc(C)o1)C1CCC(N)CC1. The van der Waals surface area contributed by atoms with Gasteiger partial charge >= 0.3 is 0 Å². The maximum atomic E-state index is 5.97. The Morgan fingerprint density at radius 1 is 1.28 bits per heavy atom. The first-order valence-electron chi connectivity index (χ1n) is 6.97. The Kier molecular flexibility index (Phi) is 4.72. The molecule has 0 saturated heterocycles. The van der Waals surface area contributed by atoms with Crippen LogP contribution in [-0.2, 0) is 6.54 Å². The van der Waals surface area contributed by atoms with Crippen molar-refractivity contribution in [3.8, 4) is 0 Å². The Hall–Kier alpha value is -0.940. The molecular formula is C13H24N4O. The lowest BCUT2D eigenvalue weighted by molar-refractivity contribution is 0.130. The van der Waals surface area contributed by atoms with Crippen molar-refractivity contribution in [2.24, 2.45) is 5.73 Å². The minimum Gasteiger partial charge on any atom is -0.424 e. The predicted molar refractivity (Wildman–Crippen MR) is 70.0 cm³/mol. The molecule has 0 spiro atoms. The van der Waals surface area contributed by atoms with Gasteiger partial charge in [0, 0.05) is 19.0 Å². The third-order valence-electron chi connectivity index (χ3n) is 3.67. The van der Waals surface area contributed by atoms with Gasteiger partial charge in [0.15, 0.2) is 0 Å². The van der Waals surface area contributed by atoms with Crippen LogP contribution in [0.3, 0.4) is 0 Å². The summed E-state index contributed by atoms with van der Waals surface area (Å²) in [5.41, 5.74) is 5.97. The van der Waals surface area contributed by atoms with Crippen molar-refractivity contribution >= 4 is 0 Å². The monoisotopic (exact) mass is 252 g/mol. The van der Waals surface area contributed by atoms with Crippen molar-refractivity contribution in [3.63, 3.8) is 0 Å². The van der Waals surface area contributed by atoms with E-state index in [2.05, 4.69) is 22.0 Å². The van der Waals surface area contributed by atoms with Gasteiger partial charge in [-0.2, -0.15) is 0 Å². The highest BCUT2D eigenvalue weighted by Crippen LogP contribution is 2.23. The Morgan fingerprint density at radius 3 is 2.56 bits per heavy atom. The fourth-order valence-electron chi connectivity index (χ4n) is 2.72. The van der Waals surface area contributed by atoms with Crippen LogP contribution in [0.1, 0.15) is 50.8 Å². The van der Waals surface area contributed by atoms with Crippen LogP contribution in [0, 0.1) is 6.92 Å². The van der Waals surface area contributed by atoms with Crippen LogP contribution in [-0.4, -0.2) is 33.7 Å². The number of aryl methyl sites for hydroxylation is 1. The molecule has 18 heavy (non-hydrogen) atoms. The minimum absolute atomic E-state index is 0.398. The molecule has 0 atom stereocenters. The van der Waals surface area contributed by atoms with Gasteiger partial charge in [0.1, 0.15) is 0 Å². The van der Waals surface area contributed by atoms with Gasteiger partial charge in [-0.15, -0.1) is 10.2 Å². The summed E-state index contributed by atoms with van der Waals surface area (Å²) in [6.45, 7) is 5.90. The van der Waals surface area contributed by atoms with Crippen molar-refractivity contribution in [2.45, 2.75) is 64.6 Å². The highest BCUT2D eigenvalue weighted by atomic mass is 16.4. The van der Waals surface area contributed by atoms with E-state index in [4.69, 9.17) is 10.2 Å². The summed E-state index contributed by atoms with van der Waals surface area (Å²) < 4.78 is 5.48. The number of nitrogens with two attached hydrogens (primary N) is 1. The first kappa shape index (κ1) is 13.5. The normalized spacial score (nSPS) is 24.7.